The van der Waals surface area contributed by atoms with Crippen LogP contribution in [0.1, 0.15) is 19.3 Å². The van der Waals surface area contributed by atoms with Crippen LogP contribution in [0.3, 0.4) is 0 Å². The predicted molar refractivity (Wildman–Crippen MR) is 79.6 cm³/mol. The molecule has 1 aromatic rings. The molecule has 3 rings (SSSR count). The fraction of sp³-hybridized carbons (Fsp3) is 0.571. The summed E-state index contributed by atoms with van der Waals surface area (Å²) >= 11 is 0. The topological polar surface area (TPSA) is 90.7 Å². The Bertz CT molecular complexity index is 605. The van der Waals surface area contributed by atoms with Crippen LogP contribution >= 0.6 is 0 Å². The summed E-state index contributed by atoms with van der Waals surface area (Å²) in [7, 11) is -3.35. The minimum absolute atomic E-state index is 0.0413. The van der Waals surface area contributed by atoms with Gasteiger partial charge >= 0.3 is 0 Å². The van der Waals surface area contributed by atoms with E-state index in [0.717, 1.165) is 19.3 Å². The summed E-state index contributed by atoms with van der Waals surface area (Å²) in [6, 6.07) is 6.86. The second-order valence-electron chi connectivity index (χ2n) is 5.57. The van der Waals surface area contributed by atoms with Crippen molar-refractivity contribution in [1.82, 2.24) is 4.72 Å². The molecule has 2 heterocycles. The van der Waals surface area contributed by atoms with Crippen molar-refractivity contribution in [2.75, 3.05) is 18.1 Å². The standard InChI is InChI=1S/C14H20N2O4S/c15-10-2-1-3-11(8-10)19-6-7-21(17,18)16-13-9-12-4-5-14(13)20-12/h1-3,8,12-14,16H,4-7,9,15H2. The zero-order valence-electron chi connectivity index (χ0n) is 11.7. The fourth-order valence-corrected chi connectivity index (χ4v) is 4.05. The Balaban J connectivity index is 1.48. The highest BCUT2D eigenvalue weighted by Gasteiger charge is 2.42. The van der Waals surface area contributed by atoms with Gasteiger partial charge in [-0.2, -0.15) is 0 Å². The lowest BCUT2D eigenvalue weighted by Crippen LogP contribution is -2.43. The molecule has 2 aliphatic heterocycles. The third-order valence-corrected chi connectivity index (χ3v) is 5.28. The van der Waals surface area contributed by atoms with Crippen molar-refractivity contribution >= 4 is 15.7 Å². The monoisotopic (exact) mass is 312 g/mol. The maximum Gasteiger partial charge on any atom is 0.215 e. The number of rotatable bonds is 6. The van der Waals surface area contributed by atoms with Gasteiger partial charge in [-0.25, -0.2) is 13.1 Å². The van der Waals surface area contributed by atoms with Crippen molar-refractivity contribution in [1.29, 1.82) is 0 Å². The van der Waals surface area contributed by atoms with E-state index in [4.69, 9.17) is 15.2 Å². The molecule has 2 bridgehead atoms. The molecule has 2 saturated heterocycles. The molecule has 21 heavy (non-hydrogen) atoms. The smallest absolute Gasteiger partial charge is 0.215 e. The molecule has 0 radical (unpaired) electrons. The lowest BCUT2D eigenvalue weighted by molar-refractivity contribution is 0.0995. The van der Waals surface area contributed by atoms with Crippen LogP contribution in [0.2, 0.25) is 0 Å². The van der Waals surface area contributed by atoms with E-state index >= 15 is 0 Å². The summed E-state index contributed by atoms with van der Waals surface area (Å²) in [5.74, 6) is 0.504. The van der Waals surface area contributed by atoms with E-state index < -0.39 is 10.0 Å². The Labute approximate surface area is 124 Å². The van der Waals surface area contributed by atoms with Crippen LogP contribution in [0, 0.1) is 0 Å². The van der Waals surface area contributed by atoms with E-state index in [1.807, 2.05) is 0 Å². The molecule has 0 amide bonds. The molecule has 6 nitrogen and oxygen atoms in total. The van der Waals surface area contributed by atoms with Gasteiger partial charge < -0.3 is 15.2 Å². The molecule has 3 atom stereocenters. The lowest BCUT2D eigenvalue weighted by Gasteiger charge is -2.20. The molecule has 2 aliphatic rings. The first-order valence-electron chi connectivity index (χ1n) is 7.16. The number of nitrogens with two attached hydrogens (primary N) is 1. The van der Waals surface area contributed by atoms with Crippen LogP contribution in [-0.4, -0.2) is 39.0 Å². The average molecular weight is 312 g/mol. The number of nitrogen functional groups attached to an aromatic ring is 1. The van der Waals surface area contributed by atoms with Gasteiger partial charge in [0.25, 0.3) is 0 Å². The summed E-state index contributed by atoms with van der Waals surface area (Å²) < 4.78 is 37.9. The molecular formula is C14H20N2O4S. The van der Waals surface area contributed by atoms with Crippen molar-refractivity contribution in [3.8, 4) is 5.75 Å². The summed E-state index contributed by atoms with van der Waals surface area (Å²) in [4.78, 5) is 0. The zero-order chi connectivity index (χ0) is 14.9. The SMILES string of the molecule is Nc1cccc(OCCS(=O)(=O)NC2CC3CCC2O3)c1. The van der Waals surface area contributed by atoms with Gasteiger partial charge in [0.2, 0.25) is 10.0 Å². The molecular weight excluding hydrogens is 292 g/mol. The molecule has 3 N–H and O–H groups in total. The van der Waals surface area contributed by atoms with Crippen molar-refractivity contribution in [3.63, 3.8) is 0 Å². The summed E-state index contributed by atoms with van der Waals surface area (Å²) in [5, 5.41) is 0. The van der Waals surface area contributed by atoms with E-state index in [1.54, 1.807) is 24.3 Å². The Morgan fingerprint density at radius 1 is 1.38 bits per heavy atom. The largest absolute Gasteiger partial charge is 0.492 e. The van der Waals surface area contributed by atoms with E-state index in [2.05, 4.69) is 4.72 Å². The lowest BCUT2D eigenvalue weighted by atomic mass is 9.96. The van der Waals surface area contributed by atoms with Gasteiger partial charge in [0, 0.05) is 11.8 Å². The van der Waals surface area contributed by atoms with E-state index in [0.29, 0.717) is 11.4 Å². The minimum atomic E-state index is -3.35. The number of nitrogens with one attached hydrogen (secondary N) is 1. The number of hydrogen-bond acceptors (Lipinski definition) is 5. The van der Waals surface area contributed by atoms with Gasteiger partial charge in [0.05, 0.1) is 24.0 Å². The minimum Gasteiger partial charge on any atom is -0.492 e. The van der Waals surface area contributed by atoms with Crippen molar-refractivity contribution < 1.29 is 17.9 Å². The first-order valence-corrected chi connectivity index (χ1v) is 8.81. The highest BCUT2D eigenvalue weighted by Crippen LogP contribution is 2.34. The Morgan fingerprint density at radius 3 is 2.90 bits per heavy atom. The van der Waals surface area contributed by atoms with Crippen LogP contribution in [-0.2, 0) is 14.8 Å². The van der Waals surface area contributed by atoms with Crippen molar-refractivity contribution in [3.05, 3.63) is 24.3 Å². The van der Waals surface area contributed by atoms with Crippen LogP contribution in [0.5, 0.6) is 5.75 Å². The van der Waals surface area contributed by atoms with Gasteiger partial charge in [0.1, 0.15) is 12.4 Å². The number of sulfonamides is 1. The quantitative estimate of drug-likeness (QED) is 0.761. The predicted octanol–water partition coefficient (Wildman–Crippen LogP) is 0.887. The Morgan fingerprint density at radius 2 is 2.24 bits per heavy atom. The van der Waals surface area contributed by atoms with Crippen molar-refractivity contribution in [2.45, 2.75) is 37.5 Å². The Kier molecular flexibility index (Phi) is 4.05. The van der Waals surface area contributed by atoms with E-state index in [1.165, 1.54) is 0 Å². The maximum absolute atomic E-state index is 12.0. The third kappa shape index (κ3) is 3.66. The van der Waals surface area contributed by atoms with E-state index in [9.17, 15) is 8.42 Å². The van der Waals surface area contributed by atoms with Crippen LogP contribution in [0.15, 0.2) is 24.3 Å². The number of ether oxygens (including phenoxy) is 2. The summed E-state index contributed by atoms with van der Waals surface area (Å²) in [6.07, 6.45) is 3.03. The third-order valence-electron chi connectivity index (χ3n) is 3.92. The maximum atomic E-state index is 12.0. The molecule has 0 saturated carbocycles. The first kappa shape index (κ1) is 14.6. The number of anilines is 1. The van der Waals surface area contributed by atoms with Crippen molar-refractivity contribution in [2.24, 2.45) is 0 Å². The van der Waals surface area contributed by atoms with Gasteiger partial charge in [0.15, 0.2) is 0 Å². The Hall–Kier alpha value is -1.31. The molecule has 116 valence electrons. The van der Waals surface area contributed by atoms with Crippen LogP contribution in [0.4, 0.5) is 5.69 Å². The van der Waals surface area contributed by atoms with Gasteiger partial charge in [-0.05, 0) is 31.4 Å². The molecule has 1 aromatic carbocycles. The zero-order valence-corrected chi connectivity index (χ0v) is 12.5. The highest BCUT2D eigenvalue weighted by atomic mass is 32.2. The molecule has 0 aliphatic carbocycles. The highest BCUT2D eigenvalue weighted by molar-refractivity contribution is 7.89. The van der Waals surface area contributed by atoms with Crippen LogP contribution < -0.4 is 15.2 Å². The number of fused-ring (bicyclic) bond motifs is 2. The van der Waals surface area contributed by atoms with Crippen LogP contribution in [0.25, 0.3) is 0 Å². The fourth-order valence-electron chi connectivity index (χ4n) is 2.92. The molecule has 7 heteroatoms. The van der Waals surface area contributed by atoms with Gasteiger partial charge in [-0.1, -0.05) is 6.07 Å². The van der Waals surface area contributed by atoms with E-state index in [-0.39, 0.29) is 30.6 Å². The normalized spacial score (nSPS) is 27.9. The van der Waals surface area contributed by atoms with Gasteiger partial charge in [-0.3, -0.25) is 0 Å². The second kappa shape index (κ2) is 5.82. The second-order valence-corrected chi connectivity index (χ2v) is 7.45. The van der Waals surface area contributed by atoms with Gasteiger partial charge in [-0.15, -0.1) is 0 Å². The first-order chi connectivity index (χ1) is 10.0. The molecule has 2 fully saturated rings. The molecule has 0 aromatic heterocycles. The number of hydrogen-bond donors (Lipinski definition) is 2. The summed E-state index contributed by atoms with van der Waals surface area (Å²) in [6.45, 7) is 0.0977. The average Bonchev–Trinajstić information content (AvgIpc) is 3.00. The molecule has 0 spiro atoms. The number of benzene rings is 1. The summed E-state index contributed by atoms with van der Waals surface area (Å²) in [5.41, 5.74) is 6.23. The molecule has 3 unspecified atom stereocenters.